The molecule has 0 heterocycles. The number of carbonyl (C=O) groups is 3. The Labute approximate surface area is 233 Å². The lowest BCUT2D eigenvalue weighted by molar-refractivity contribution is -0.143. The van der Waals surface area contributed by atoms with E-state index in [0.29, 0.717) is 6.54 Å². The van der Waals surface area contributed by atoms with Crippen LogP contribution in [0, 0.1) is 19.8 Å². The number of benzene rings is 2. The van der Waals surface area contributed by atoms with Gasteiger partial charge in [0.1, 0.15) is 17.7 Å². The van der Waals surface area contributed by atoms with Gasteiger partial charge in [-0.1, -0.05) is 68.8 Å². The van der Waals surface area contributed by atoms with Gasteiger partial charge in [0.2, 0.25) is 11.8 Å². The van der Waals surface area contributed by atoms with Gasteiger partial charge in [-0.05, 0) is 75.6 Å². The van der Waals surface area contributed by atoms with Gasteiger partial charge in [-0.15, -0.1) is 0 Å². The number of carbonyl (C=O) groups excluding carboxylic acids is 3. The van der Waals surface area contributed by atoms with Crippen LogP contribution in [0.4, 0.5) is 4.79 Å². The number of nitrogens with zero attached hydrogens (tertiary/aromatic N) is 1. The molecule has 2 aromatic carbocycles. The minimum absolute atomic E-state index is 0.0990. The van der Waals surface area contributed by atoms with Crippen molar-refractivity contribution >= 4 is 17.9 Å². The van der Waals surface area contributed by atoms with Gasteiger partial charge >= 0.3 is 6.09 Å². The summed E-state index contributed by atoms with van der Waals surface area (Å²) in [6.45, 7) is 14.1. The highest BCUT2D eigenvalue weighted by Crippen LogP contribution is 2.41. The van der Waals surface area contributed by atoms with Gasteiger partial charge in [-0.25, -0.2) is 4.79 Å². The van der Waals surface area contributed by atoms with Crippen LogP contribution in [0.25, 0.3) is 0 Å². The van der Waals surface area contributed by atoms with E-state index >= 15 is 0 Å². The molecule has 4 unspecified atom stereocenters. The zero-order valence-electron chi connectivity index (χ0n) is 24.5. The van der Waals surface area contributed by atoms with Crippen molar-refractivity contribution in [3.63, 3.8) is 0 Å². The molecule has 0 spiro atoms. The van der Waals surface area contributed by atoms with Crippen LogP contribution in [0.1, 0.15) is 82.2 Å². The Kier molecular flexibility index (Phi) is 10.2. The Morgan fingerprint density at radius 2 is 1.72 bits per heavy atom. The third-order valence-electron chi connectivity index (χ3n) is 7.25. The minimum atomic E-state index is -0.897. The lowest BCUT2D eigenvalue weighted by Crippen LogP contribution is -2.55. The van der Waals surface area contributed by atoms with Crippen LogP contribution in [0.15, 0.2) is 48.5 Å². The molecule has 1 aliphatic rings. The Bertz CT molecular complexity index is 1140. The first-order chi connectivity index (χ1) is 18.4. The van der Waals surface area contributed by atoms with Gasteiger partial charge in [-0.3, -0.25) is 9.59 Å². The molecule has 0 aliphatic heterocycles. The molecule has 4 atom stereocenters. The van der Waals surface area contributed by atoms with E-state index in [1.807, 2.05) is 62.4 Å². The second-order valence-electron chi connectivity index (χ2n) is 11.8. The van der Waals surface area contributed by atoms with E-state index in [0.717, 1.165) is 41.5 Å². The highest BCUT2D eigenvalue weighted by Gasteiger charge is 2.48. The SMILES string of the molecule is CCCCNC(=O)C(c1cccc(C)c1C)N(C(=O)C(Cc1ccccc1)NC(=O)OC(C)(C)C)C1CC1C. The van der Waals surface area contributed by atoms with Gasteiger partial charge in [0.05, 0.1) is 0 Å². The van der Waals surface area contributed by atoms with E-state index in [9.17, 15) is 14.4 Å². The summed E-state index contributed by atoms with van der Waals surface area (Å²) in [4.78, 5) is 43.0. The summed E-state index contributed by atoms with van der Waals surface area (Å²) in [6, 6.07) is 13.7. The van der Waals surface area contributed by atoms with E-state index in [1.54, 1.807) is 25.7 Å². The first-order valence-electron chi connectivity index (χ1n) is 14.1. The highest BCUT2D eigenvalue weighted by molar-refractivity contribution is 5.93. The predicted octanol–water partition coefficient (Wildman–Crippen LogP) is 5.63. The molecule has 3 rings (SSSR count). The zero-order valence-corrected chi connectivity index (χ0v) is 24.5. The topological polar surface area (TPSA) is 87.7 Å². The normalized spacial score (nSPS) is 18.0. The molecule has 212 valence electrons. The summed E-state index contributed by atoms with van der Waals surface area (Å²) in [5, 5.41) is 5.92. The Morgan fingerprint density at radius 3 is 2.31 bits per heavy atom. The quantitative estimate of drug-likeness (QED) is 0.365. The van der Waals surface area contributed by atoms with E-state index in [-0.39, 0.29) is 30.2 Å². The fourth-order valence-corrected chi connectivity index (χ4v) is 4.82. The van der Waals surface area contributed by atoms with Gasteiger partial charge in [0.25, 0.3) is 0 Å². The zero-order chi connectivity index (χ0) is 28.7. The maximum absolute atomic E-state index is 14.5. The molecule has 0 bridgehead atoms. The molecule has 39 heavy (non-hydrogen) atoms. The van der Waals surface area contributed by atoms with Crippen LogP contribution in [-0.4, -0.2) is 47.0 Å². The minimum Gasteiger partial charge on any atom is -0.444 e. The van der Waals surface area contributed by atoms with Crippen LogP contribution in [0.2, 0.25) is 0 Å². The van der Waals surface area contributed by atoms with Gasteiger partial charge in [-0.2, -0.15) is 0 Å². The number of unbranched alkanes of at least 4 members (excludes halogenated alkanes) is 1. The number of hydrogen-bond acceptors (Lipinski definition) is 4. The third kappa shape index (κ3) is 8.32. The second kappa shape index (κ2) is 13.1. The summed E-state index contributed by atoms with van der Waals surface area (Å²) in [6.07, 6.45) is 2.25. The Morgan fingerprint density at radius 1 is 1.05 bits per heavy atom. The Hall–Kier alpha value is -3.35. The molecule has 1 aliphatic carbocycles. The summed E-state index contributed by atoms with van der Waals surface area (Å²) in [5.41, 5.74) is 3.05. The molecule has 3 amide bonds. The molecule has 2 aromatic rings. The van der Waals surface area contributed by atoms with Crippen molar-refractivity contribution in [1.82, 2.24) is 15.5 Å². The van der Waals surface area contributed by atoms with Crippen molar-refractivity contribution in [3.05, 3.63) is 70.8 Å². The average molecular weight is 536 g/mol. The van der Waals surface area contributed by atoms with E-state index < -0.39 is 23.8 Å². The summed E-state index contributed by atoms with van der Waals surface area (Å²) in [5.74, 6) is -0.222. The first kappa shape index (κ1) is 30.2. The number of ether oxygens (including phenoxy) is 1. The number of amides is 3. The number of alkyl carbamates (subject to hydrolysis) is 1. The number of rotatable bonds is 11. The van der Waals surface area contributed by atoms with E-state index in [1.165, 1.54) is 0 Å². The number of nitrogens with one attached hydrogen (secondary N) is 2. The van der Waals surface area contributed by atoms with Crippen molar-refractivity contribution in [3.8, 4) is 0 Å². The van der Waals surface area contributed by atoms with Gasteiger partial charge in [0, 0.05) is 19.0 Å². The van der Waals surface area contributed by atoms with Gasteiger partial charge in [0.15, 0.2) is 0 Å². The summed E-state index contributed by atoms with van der Waals surface area (Å²) < 4.78 is 5.53. The predicted molar refractivity (Wildman–Crippen MR) is 154 cm³/mol. The largest absolute Gasteiger partial charge is 0.444 e. The van der Waals surface area contributed by atoms with Crippen molar-refractivity contribution in [2.75, 3.05) is 6.54 Å². The summed E-state index contributed by atoms with van der Waals surface area (Å²) in [7, 11) is 0. The molecule has 7 nitrogen and oxygen atoms in total. The van der Waals surface area contributed by atoms with Crippen LogP contribution in [-0.2, 0) is 20.7 Å². The molecular formula is C32H45N3O4. The maximum atomic E-state index is 14.5. The van der Waals surface area contributed by atoms with Crippen molar-refractivity contribution < 1.29 is 19.1 Å². The fourth-order valence-electron chi connectivity index (χ4n) is 4.82. The standard InChI is InChI=1S/C32H45N3O4/c1-8-9-18-33-29(36)28(25-17-13-14-21(2)23(25)4)35(27-19-22(27)3)30(37)26(20-24-15-11-10-12-16-24)34-31(38)39-32(5,6)7/h10-17,22,26-28H,8-9,18-20H2,1-7H3,(H,33,36)(H,34,38). The fraction of sp³-hybridized carbons (Fsp3) is 0.531. The molecule has 7 heteroatoms. The van der Waals surface area contributed by atoms with Crippen LogP contribution in [0.3, 0.4) is 0 Å². The van der Waals surface area contributed by atoms with E-state index in [4.69, 9.17) is 4.74 Å². The molecule has 0 aromatic heterocycles. The molecule has 0 radical (unpaired) electrons. The molecule has 0 saturated heterocycles. The lowest BCUT2D eigenvalue weighted by Gasteiger charge is -2.36. The smallest absolute Gasteiger partial charge is 0.408 e. The second-order valence-corrected chi connectivity index (χ2v) is 11.8. The van der Waals surface area contributed by atoms with Crippen LogP contribution >= 0.6 is 0 Å². The summed E-state index contributed by atoms with van der Waals surface area (Å²) >= 11 is 0. The average Bonchev–Trinajstić information content (AvgIpc) is 3.59. The van der Waals surface area contributed by atoms with Crippen molar-refractivity contribution in [1.29, 1.82) is 0 Å². The Balaban J connectivity index is 2.05. The molecular weight excluding hydrogens is 490 g/mol. The molecule has 1 fully saturated rings. The molecule has 1 saturated carbocycles. The maximum Gasteiger partial charge on any atom is 0.408 e. The number of aryl methyl sites for hydroxylation is 1. The van der Waals surface area contributed by atoms with Crippen LogP contribution in [0.5, 0.6) is 0 Å². The van der Waals surface area contributed by atoms with Crippen molar-refractivity contribution in [2.24, 2.45) is 5.92 Å². The van der Waals surface area contributed by atoms with E-state index in [2.05, 4.69) is 24.5 Å². The monoisotopic (exact) mass is 535 g/mol. The third-order valence-corrected chi connectivity index (χ3v) is 7.25. The van der Waals surface area contributed by atoms with Crippen LogP contribution < -0.4 is 10.6 Å². The van der Waals surface area contributed by atoms with Gasteiger partial charge < -0.3 is 20.3 Å². The lowest BCUT2D eigenvalue weighted by atomic mass is 9.94. The van der Waals surface area contributed by atoms with Crippen molar-refractivity contribution in [2.45, 2.75) is 97.9 Å². The highest BCUT2D eigenvalue weighted by atomic mass is 16.6. The number of hydrogen-bond donors (Lipinski definition) is 2. The molecule has 2 N–H and O–H groups in total. The first-order valence-corrected chi connectivity index (χ1v) is 14.1.